The van der Waals surface area contributed by atoms with Gasteiger partial charge in [-0.2, -0.15) is 0 Å². The third-order valence-corrected chi connectivity index (χ3v) is 4.92. The summed E-state index contributed by atoms with van der Waals surface area (Å²) in [6.45, 7) is 3.79. The number of carbonyl (C=O) groups excluding carboxylic acids is 1. The molecule has 3 rings (SSSR count). The number of phenolic OH excluding ortho intramolecular Hbond substituents is 2. The predicted octanol–water partition coefficient (Wildman–Crippen LogP) is 6.42. The number of phenols is 2. The molecule has 0 amide bonds. The largest absolute Gasteiger partial charge is 0.507 e. The summed E-state index contributed by atoms with van der Waals surface area (Å²) in [4.78, 5) is 17.5. The van der Waals surface area contributed by atoms with Crippen molar-refractivity contribution in [1.82, 2.24) is 0 Å². The third kappa shape index (κ3) is 4.74. The van der Waals surface area contributed by atoms with E-state index in [0.717, 1.165) is 12.8 Å². The Bertz CT molecular complexity index is 1110. The van der Waals surface area contributed by atoms with E-state index in [9.17, 15) is 19.4 Å². The Balaban J connectivity index is 2.08. The monoisotopic (exact) mass is 405 g/mol. The maximum Gasteiger partial charge on any atom is 0.165 e. The summed E-state index contributed by atoms with van der Waals surface area (Å²) in [6.07, 6.45) is 2.05. The van der Waals surface area contributed by atoms with Crippen molar-refractivity contribution in [2.24, 2.45) is 4.99 Å². The molecule has 0 aromatic heterocycles. The van der Waals surface area contributed by atoms with E-state index in [4.69, 9.17) is 0 Å². The lowest BCUT2D eigenvalue weighted by atomic mass is 9.97. The predicted molar refractivity (Wildman–Crippen MR) is 117 cm³/mol. The Labute approximate surface area is 175 Å². The van der Waals surface area contributed by atoms with Crippen molar-refractivity contribution in [3.8, 4) is 22.6 Å². The van der Waals surface area contributed by atoms with Crippen molar-refractivity contribution < 1.29 is 19.4 Å². The Morgan fingerprint density at radius 3 is 2.33 bits per heavy atom. The highest BCUT2D eigenvalue weighted by atomic mass is 19.1. The van der Waals surface area contributed by atoms with Gasteiger partial charge in [-0.25, -0.2) is 4.39 Å². The van der Waals surface area contributed by atoms with Crippen LogP contribution in [0.5, 0.6) is 11.5 Å². The van der Waals surface area contributed by atoms with Crippen LogP contribution in [-0.2, 0) is 0 Å². The lowest BCUT2D eigenvalue weighted by Crippen LogP contribution is -2.02. The van der Waals surface area contributed by atoms with Gasteiger partial charge in [-0.3, -0.25) is 9.79 Å². The number of para-hydroxylation sites is 1. The minimum absolute atomic E-state index is 0.0400. The molecule has 0 unspecified atom stereocenters. The number of rotatable bonds is 7. The van der Waals surface area contributed by atoms with Gasteiger partial charge in [0.15, 0.2) is 17.3 Å². The quantitative estimate of drug-likeness (QED) is 0.352. The molecule has 3 aromatic rings. The second-order valence-electron chi connectivity index (χ2n) is 7.14. The second-order valence-corrected chi connectivity index (χ2v) is 7.14. The van der Waals surface area contributed by atoms with Crippen molar-refractivity contribution in [2.75, 3.05) is 0 Å². The highest BCUT2D eigenvalue weighted by Gasteiger charge is 2.15. The highest BCUT2D eigenvalue weighted by Crippen LogP contribution is 2.31. The number of carbonyl (C=O) groups is 1. The fourth-order valence-electron chi connectivity index (χ4n) is 3.22. The molecule has 2 N–H and O–H groups in total. The summed E-state index contributed by atoms with van der Waals surface area (Å²) in [5, 5.41) is 19.5. The molecule has 0 radical (unpaired) electrons. The first-order chi connectivity index (χ1) is 14.4. The Hall–Kier alpha value is -3.47. The van der Waals surface area contributed by atoms with E-state index >= 15 is 0 Å². The summed E-state index contributed by atoms with van der Waals surface area (Å²) in [5.74, 6) is -1.06. The molecule has 0 saturated heterocycles. The number of aliphatic imine (C=N–C) groups is 1. The zero-order valence-corrected chi connectivity index (χ0v) is 17.0. The molecule has 0 aliphatic rings. The number of nitrogens with zero attached hydrogens (tertiary/aromatic N) is 1. The molecule has 3 aromatic carbocycles. The van der Waals surface area contributed by atoms with Crippen molar-refractivity contribution in [3.63, 3.8) is 0 Å². The van der Waals surface area contributed by atoms with E-state index in [2.05, 4.69) is 4.99 Å². The van der Waals surface area contributed by atoms with Crippen LogP contribution in [0.25, 0.3) is 11.1 Å². The van der Waals surface area contributed by atoms with Crippen LogP contribution >= 0.6 is 0 Å². The third-order valence-electron chi connectivity index (χ3n) is 4.92. The smallest absolute Gasteiger partial charge is 0.165 e. The molecule has 5 heteroatoms. The first kappa shape index (κ1) is 21.2. The van der Waals surface area contributed by atoms with Crippen LogP contribution < -0.4 is 0 Å². The van der Waals surface area contributed by atoms with Crippen LogP contribution in [0.3, 0.4) is 0 Å². The molecule has 0 atom stereocenters. The summed E-state index contributed by atoms with van der Waals surface area (Å²) < 4.78 is 13.8. The van der Waals surface area contributed by atoms with Crippen LogP contribution in [0.2, 0.25) is 0 Å². The zero-order chi connectivity index (χ0) is 21.7. The average Bonchev–Trinajstić information content (AvgIpc) is 2.74. The molecule has 4 nitrogen and oxygen atoms in total. The van der Waals surface area contributed by atoms with Gasteiger partial charge in [0.1, 0.15) is 5.75 Å². The normalized spacial score (nSPS) is 11.5. The minimum Gasteiger partial charge on any atom is -0.507 e. The summed E-state index contributed by atoms with van der Waals surface area (Å²) in [7, 11) is 0. The maximum atomic E-state index is 13.8. The Morgan fingerprint density at radius 2 is 1.63 bits per heavy atom. The molecule has 0 aliphatic carbocycles. The van der Waals surface area contributed by atoms with Crippen LogP contribution in [0.4, 0.5) is 10.1 Å². The second kappa shape index (κ2) is 9.35. The fourth-order valence-corrected chi connectivity index (χ4v) is 3.22. The standard InChI is InChI=1S/C25H24FNO3/c1-3-4-8-24(29)20-14-17(18-11-13-25(30)21(26)15-18)10-12-22(20)27-16(2)19-7-5-6-9-23(19)28/h5-7,9-15,28,30H,3-4,8H2,1-2H3. The first-order valence-electron chi connectivity index (χ1n) is 9.90. The van der Waals surface area contributed by atoms with Gasteiger partial charge in [-0.1, -0.05) is 37.6 Å². The molecule has 0 heterocycles. The molecule has 0 saturated carbocycles. The van der Waals surface area contributed by atoms with E-state index in [1.165, 1.54) is 12.1 Å². The number of Topliss-reactive ketones (excluding diaryl/α,β-unsaturated/α-hetero) is 1. The number of ketones is 1. The molecule has 0 bridgehead atoms. The average molecular weight is 405 g/mol. The summed E-state index contributed by atoms with van der Waals surface area (Å²) in [5.41, 5.74) is 3.34. The van der Waals surface area contributed by atoms with E-state index in [0.29, 0.717) is 40.1 Å². The lowest BCUT2D eigenvalue weighted by molar-refractivity contribution is 0.0980. The fraction of sp³-hybridized carbons (Fsp3) is 0.200. The van der Waals surface area contributed by atoms with Crippen LogP contribution in [0, 0.1) is 5.82 Å². The number of aromatic hydroxyl groups is 2. The Morgan fingerprint density at radius 1 is 0.933 bits per heavy atom. The topological polar surface area (TPSA) is 69.9 Å². The number of unbranched alkanes of at least 4 members (excludes halogenated alkanes) is 1. The lowest BCUT2D eigenvalue weighted by Gasteiger charge is -2.11. The van der Waals surface area contributed by atoms with Crippen LogP contribution in [0.15, 0.2) is 65.7 Å². The molecule has 154 valence electrons. The SMILES string of the molecule is CCCCC(=O)c1cc(-c2ccc(O)c(F)c2)ccc1N=C(C)c1ccccc1O. The van der Waals surface area contributed by atoms with E-state index in [1.807, 2.05) is 13.0 Å². The molecule has 30 heavy (non-hydrogen) atoms. The van der Waals surface area contributed by atoms with Crippen LogP contribution in [0.1, 0.15) is 49.0 Å². The summed E-state index contributed by atoms with van der Waals surface area (Å²) >= 11 is 0. The molecule has 0 spiro atoms. The molecular formula is C25H24FNO3. The van der Waals surface area contributed by atoms with Crippen LogP contribution in [-0.4, -0.2) is 21.7 Å². The Kier molecular flexibility index (Phi) is 6.62. The van der Waals surface area contributed by atoms with Crippen molar-refractivity contribution >= 4 is 17.2 Å². The number of benzene rings is 3. The van der Waals surface area contributed by atoms with E-state index in [-0.39, 0.29) is 11.5 Å². The van der Waals surface area contributed by atoms with E-state index in [1.54, 1.807) is 49.4 Å². The van der Waals surface area contributed by atoms with Gasteiger partial charge in [0.05, 0.1) is 5.69 Å². The van der Waals surface area contributed by atoms with Gasteiger partial charge in [0, 0.05) is 23.3 Å². The van der Waals surface area contributed by atoms with E-state index < -0.39 is 11.6 Å². The molecular weight excluding hydrogens is 381 g/mol. The minimum atomic E-state index is -0.719. The highest BCUT2D eigenvalue weighted by molar-refractivity contribution is 6.06. The van der Waals surface area contributed by atoms with Crippen molar-refractivity contribution in [3.05, 3.63) is 77.6 Å². The van der Waals surface area contributed by atoms with Gasteiger partial charge in [-0.05, 0) is 60.9 Å². The number of hydrogen-bond donors (Lipinski definition) is 2. The van der Waals surface area contributed by atoms with Gasteiger partial charge < -0.3 is 10.2 Å². The first-order valence-corrected chi connectivity index (χ1v) is 9.90. The van der Waals surface area contributed by atoms with Gasteiger partial charge in [-0.15, -0.1) is 0 Å². The van der Waals surface area contributed by atoms with Gasteiger partial charge in [0.2, 0.25) is 0 Å². The van der Waals surface area contributed by atoms with Crippen molar-refractivity contribution in [2.45, 2.75) is 33.1 Å². The molecule has 0 aliphatic heterocycles. The number of halogens is 1. The summed E-state index contributed by atoms with van der Waals surface area (Å²) in [6, 6.07) is 16.2. The van der Waals surface area contributed by atoms with Gasteiger partial charge in [0.25, 0.3) is 0 Å². The van der Waals surface area contributed by atoms with Crippen molar-refractivity contribution in [1.29, 1.82) is 0 Å². The van der Waals surface area contributed by atoms with Gasteiger partial charge >= 0.3 is 0 Å². The molecule has 0 fully saturated rings. The zero-order valence-electron chi connectivity index (χ0n) is 17.0. The maximum absolute atomic E-state index is 13.8. The number of hydrogen-bond acceptors (Lipinski definition) is 4.